The highest BCUT2D eigenvalue weighted by Gasteiger charge is 2.34. The van der Waals surface area contributed by atoms with Crippen LogP contribution in [0.15, 0.2) is 82.7 Å². The zero-order valence-corrected chi connectivity index (χ0v) is 20.8. The Kier molecular flexibility index (Phi) is 6.28. The number of para-hydroxylation sites is 1. The van der Waals surface area contributed by atoms with E-state index in [-0.39, 0.29) is 11.6 Å². The fourth-order valence-electron chi connectivity index (χ4n) is 4.51. The van der Waals surface area contributed by atoms with Gasteiger partial charge in [0.25, 0.3) is 5.56 Å². The van der Waals surface area contributed by atoms with Crippen LogP contribution in [0, 0.1) is 0 Å². The molecule has 1 aliphatic heterocycles. The first-order valence-corrected chi connectivity index (χ1v) is 11.9. The topological polar surface area (TPSA) is 69.7 Å². The minimum Gasteiger partial charge on any atom is -0.497 e. The number of benzene rings is 3. The van der Waals surface area contributed by atoms with Gasteiger partial charge in [0.2, 0.25) is 0 Å². The standard InChI is InChI=1S/C27H23ClN4O2S/c1-29-27(35)32-23(17-6-5-7-19(14-17)34-2)15-22(31-32)25-24(16-10-12-18(28)13-11-16)20-8-3-4-9-21(20)30-26(25)33/h3-14,23H,15H2,1-2H3,(H,29,35)(H,30,33)/t23-/m1/s1. The van der Waals surface area contributed by atoms with Crippen molar-refractivity contribution in [2.24, 2.45) is 5.10 Å². The molecule has 1 aromatic heterocycles. The molecule has 0 saturated heterocycles. The van der Waals surface area contributed by atoms with Crippen molar-refractivity contribution in [1.29, 1.82) is 0 Å². The number of halogens is 1. The number of thiocarbonyl (C=S) groups is 1. The molecule has 0 aliphatic carbocycles. The number of H-pyrrole nitrogens is 1. The van der Waals surface area contributed by atoms with E-state index in [1.807, 2.05) is 72.8 Å². The Hall–Kier alpha value is -3.68. The van der Waals surface area contributed by atoms with Crippen LogP contribution < -0.4 is 15.6 Å². The van der Waals surface area contributed by atoms with Gasteiger partial charge in [-0.05, 0) is 53.7 Å². The monoisotopic (exact) mass is 502 g/mol. The van der Waals surface area contributed by atoms with E-state index >= 15 is 0 Å². The van der Waals surface area contributed by atoms with E-state index in [9.17, 15) is 4.79 Å². The molecule has 2 N–H and O–H groups in total. The van der Waals surface area contributed by atoms with E-state index in [1.165, 1.54) is 0 Å². The van der Waals surface area contributed by atoms with Crippen molar-refractivity contribution in [3.63, 3.8) is 0 Å². The lowest BCUT2D eigenvalue weighted by molar-refractivity contribution is 0.363. The number of nitrogens with zero attached hydrogens (tertiary/aromatic N) is 2. The van der Waals surface area contributed by atoms with Crippen molar-refractivity contribution in [2.45, 2.75) is 12.5 Å². The Bertz CT molecular complexity index is 1510. The molecule has 0 spiro atoms. The van der Waals surface area contributed by atoms with Crippen LogP contribution in [0.5, 0.6) is 5.75 Å². The number of methoxy groups -OCH3 is 1. The number of fused-ring (bicyclic) bond motifs is 1. The molecule has 0 fully saturated rings. The Morgan fingerprint density at radius 1 is 1.11 bits per heavy atom. The predicted octanol–water partition coefficient (Wildman–Crippen LogP) is 5.51. The van der Waals surface area contributed by atoms with E-state index in [2.05, 4.69) is 10.3 Å². The number of hydrogen-bond donors (Lipinski definition) is 2. The zero-order valence-electron chi connectivity index (χ0n) is 19.2. The maximum absolute atomic E-state index is 13.5. The number of rotatable bonds is 4. The van der Waals surface area contributed by atoms with Crippen molar-refractivity contribution in [1.82, 2.24) is 15.3 Å². The molecule has 5 rings (SSSR count). The van der Waals surface area contributed by atoms with Crippen LogP contribution in [-0.4, -0.2) is 35.0 Å². The van der Waals surface area contributed by atoms with Crippen LogP contribution in [0.2, 0.25) is 5.02 Å². The van der Waals surface area contributed by atoms with Gasteiger partial charge in [0.15, 0.2) is 5.11 Å². The van der Waals surface area contributed by atoms with E-state index in [0.717, 1.165) is 33.3 Å². The maximum Gasteiger partial charge on any atom is 0.258 e. The molecule has 0 bridgehead atoms. The van der Waals surface area contributed by atoms with E-state index in [4.69, 9.17) is 33.7 Å². The molecule has 6 nitrogen and oxygen atoms in total. The largest absolute Gasteiger partial charge is 0.497 e. The first-order chi connectivity index (χ1) is 17.0. The first-order valence-electron chi connectivity index (χ1n) is 11.1. The average Bonchev–Trinajstić information content (AvgIpc) is 3.33. The summed E-state index contributed by atoms with van der Waals surface area (Å²) in [6.45, 7) is 0. The number of aromatic nitrogens is 1. The molecular formula is C27H23ClN4O2S. The van der Waals surface area contributed by atoms with Gasteiger partial charge in [-0.25, -0.2) is 5.01 Å². The minimum atomic E-state index is -0.200. The van der Waals surface area contributed by atoms with Crippen LogP contribution in [-0.2, 0) is 0 Å². The van der Waals surface area contributed by atoms with Crippen molar-refractivity contribution in [3.8, 4) is 16.9 Å². The number of pyridine rings is 1. The van der Waals surface area contributed by atoms with Gasteiger partial charge in [0, 0.05) is 35.0 Å². The molecule has 1 atom stereocenters. The lowest BCUT2D eigenvalue weighted by Gasteiger charge is -2.24. The molecule has 0 saturated carbocycles. The predicted molar refractivity (Wildman–Crippen MR) is 145 cm³/mol. The summed E-state index contributed by atoms with van der Waals surface area (Å²) in [5, 5.41) is 11.7. The molecule has 176 valence electrons. The Labute approximate surface area is 213 Å². The van der Waals surface area contributed by atoms with Crippen LogP contribution in [0.1, 0.15) is 23.6 Å². The summed E-state index contributed by atoms with van der Waals surface area (Å²) in [5.74, 6) is 0.747. The second-order valence-electron chi connectivity index (χ2n) is 8.20. The van der Waals surface area contributed by atoms with Crippen molar-refractivity contribution >= 4 is 45.5 Å². The summed E-state index contributed by atoms with van der Waals surface area (Å²) >= 11 is 11.7. The smallest absolute Gasteiger partial charge is 0.258 e. The fourth-order valence-corrected chi connectivity index (χ4v) is 4.80. The van der Waals surface area contributed by atoms with Gasteiger partial charge < -0.3 is 15.0 Å². The Morgan fingerprint density at radius 2 is 1.89 bits per heavy atom. The third-order valence-corrected chi connectivity index (χ3v) is 6.80. The van der Waals surface area contributed by atoms with Gasteiger partial charge in [-0.15, -0.1) is 0 Å². The zero-order chi connectivity index (χ0) is 24.5. The number of nitrogens with one attached hydrogen (secondary N) is 2. The number of hydrazone groups is 1. The number of ether oxygens (including phenoxy) is 1. The van der Waals surface area contributed by atoms with Gasteiger partial charge in [0.1, 0.15) is 5.75 Å². The minimum absolute atomic E-state index is 0.191. The van der Waals surface area contributed by atoms with Gasteiger partial charge in [0.05, 0.1) is 24.4 Å². The molecule has 1 aliphatic rings. The van der Waals surface area contributed by atoms with Crippen molar-refractivity contribution in [3.05, 3.63) is 99.3 Å². The highest BCUT2D eigenvalue weighted by Crippen LogP contribution is 2.37. The second kappa shape index (κ2) is 9.52. The second-order valence-corrected chi connectivity index (χ2v) is 9.02. The number of aromatic amines is 1. The normalized spacial score (nSPS) is 15.2. The summed E-state index contributed by atoms with van der Waals surface area (Å²) < 4.78 is 5.43. The third-order valence-electron chi connectivity index (χ3n) is 6.15. The first kappa shape index (κ1) is 23.1. The Balaban J connectivity index is 1.71. The summed E-state index contributed by atoms with van der Waals surface area (Å²) in [5.41, 5.74) is 4.45. The van der Waals surface area contributed by atoms with Crippen molar-refractivity contribution in [2.75, 3.05) is 14.2 Å². The molecule has 35 heavy (non-hydrogen) atoms. The van der Waals surface area contributed by atoms with E-state index in [1.54, 1.807) is 19.2 Å². The third kappa shape index (κ3) is 4.29. The van der Waals surface area contributed by atoms with E-state index < -0.39 is 0 Å². The fraction of sp³-hybridized carbons (Fsp3) is 0.148. The molecule has 2 heterocycles. The molecule has 4 aromatic rings. The summed E-state index contributed by atoms with van der Waals surface area (Å²) in [6.07, 6.45) is 0.497. The highest BCUT2D eigenvalue weighted by molar-refractivity contribution is 7.80. The van der Waals surface area contributed by atoms with Gasteiger partial charge in [-0.1, -0.05) is 54.1 Å². The summed E-state index contributed by atoms with van der Waals surface area (Å²) in [7, 11) is 3.40. The van der Waals surface area contributed by atoms with Gasteiger partial charge in [-0.3, -0.25) is 4.79 Å². The molecule has 0 unspecified atom stereocenters. The van der Waals surface area contributed by atoms with E-state index in [0.29, 0.717) is 27.8 Å². The molecule has 0 amide bonds. The van der Waals surface area contributed by atoms with Crippen LogP contribution in [0.3, 0.4) is 0 Å². The molecular weight excluding hydrogens is 480 g/mol. The highest BCUT2D eigenvalue weighted by atomic mass is 35.5. The lowest BCUT2D eigenvalue weighted by atomic mass is 9.91. The lowest BCUT2D eigenvalue weighted by Crippen LogP contribution is -2.34. The van der Waals surface area contributed by atoms with Crippen molar-refractivity contribution < 1.29 is 4.74 Å². The van der Waals surface area contributed by atoms with Crippen LogP contribution >= 0.6 is 23.8 Å². The Morgan fingerprint density at radius 3 is 2.63 bits per heavy atom. The molecule has 0 radical (unpaired) electrons. The van der Waals surface area contributed by atoms with Crippen LogP contribution in [0.4, 0.5) is 0 Å². The molecule has 3 aromatic carbocycles. The molecule has 8 heteroatoms. The SMILES string of the molecule is CNC(=S)N1N=C(c2c(-c3ccc(Cl)cc3)c3ccccc3[nH]c2=O)C[C@@H]1c1cccc(OC)c1. The maximum atomic E-state index is 13.5. The average molecular weight is 503 g/mol. The van der Waals surface area contributed by atoms with Gasteiger partial charge in [-0.2, -0.15) is 5.10 Å². The van der Waals surface area contributed by atoms with Gasteiger partial charge >= 0.3 is 0 Å². The van der Waals surface area contributed by atoms with Crippen LogP contribution in [0.25, 0.3) is 22.0 Å². The summed E-state index contributed by atoms with van der Waals surface area (Å²) in [4.78, 5) is 16.6. The summed E-state index contributed by atoms with van der Waals surface area (Å²) in [6, 6.07) is 22.9. The quantitative estimate of drug-likeness (QED) is 0.360. The number of hydrogen-bond acceptors (Lipinski definition) is 4.